The maximum atomic E-state index is 12.8. The molecule has 4 heterocycles. The van der Waals surface area contributed by atoms with E-state index in [1.807, 2.05) is 13.1 Å². The first-order valence-electron chi connectivity index (χ1n) is 9.66. The molecule has 1 fully saturated rings. The van der Waals surface area contributed by atoms with Crippen molar-refractivity contribution in [1.29, 1.82) is 0 Å². The maximum Gasteiger partial charge on any atom is 0.408 e. The van der Waals surface area contributed by atoms with Gasteiger partial charge in [-0.15, -0.1) is 0 Å². The van der Waals surface area contributed by atoms with Crippen molar-refractivity contribution in [3.05, 3.63) is 36.4 Å². The Morgan fingerprint density at radius 3 is 2.80 bits per heavy atom. The number of amides is 2. The first kappa shape index (κ1) is 20.2. The maximum absolute atomic E-state index is 12.8. The van der Waals surface area contributed by atoms with E-state index in [4.69, 9.17) is 0 Å². The van der Waals surface area contributed by atoms with Gasteiger partial charge in [-0.05, 0) is 37.8 Å². The molecular formula is C19H22F3N7O. The van der Waals surface area contributed by atoms with Gasteiger partial charge in [0, 0.05) is 25.5 Å². The minimum Gasteiger partial charge on any atom is -0.326 e. The second-order valence-electron chi connectivity index (χ2n) is 7.61. The number of anilines is 2. The zero-order valence-corrected chi connectivity index (χ0v) is 16.5. The zero-order valence-electron chi connectivity index (χ0n) is 16.5. The molecule has 2 aromatic rings. The molecule has 0 aliphatic carbocycles. The smallest absolute Gasteiger partial charge is 0.326 e. The second kappa shape index (κ2) is 7.62. The van der Waals surface area contributed by atoms with Gasteiger partial charge in [-0.3, -0.25) is 4.68 Å². The molecule has 2 N–H and O–H groups in total. The number of aryl methyl sites for hydroxylation is 1. The SMILES string of the molecule is C[C@H](NC(=O)N1C2C=C(c3ccnc(Nc4cnn(C)c4)n3)CC1CC2)C(F)(F)F. The molecule has 0 saturated carbocycles. The Bertz CT molecular complexity index is 971. The van der Waals surface area contributed by atoms with Gasteiger partial charge >= 0.3 is 12.2 Å². The Kier molecular flexibility index (Phi) is 5.12. The molecule has 0 spiro atoms. The number of aromatic nitrogens is 4. The normalized spacial score (nSPS) is 21.9. The van der Waals surface area contributed by atoms with Crippen molar-refractivity contribution in [2.45, 2.75) is 50.5 Å². The van der Waals surface area contributed by atoms with Crippen LogP contribution in [0.15, 0.2) is 30.7 Å². The summed E-state index contributed by atoms with van der Waals surface area (Å²) >= 11 is 0. The van der Waals surface area contributed by atoms with Crippen LogP contribution in [0, 0.1) is 0 Å². The van der Waals surface area contributed by atoms with E-state index in [1.54, 1.807) is 29.3 Å². The highest BCUT2D eigenvalue weighted by Crippen LogP contribution is 2.38. The molecule has 0 aromatic carbocycles. The zero-order chi connectivity index (χ0) is 21.5. The summed E-state index contributed by atoms with van der Waals surface area (Å²) in [7, 11) is 1.81. The fourth-order valence-corrected chi connectivity index (χ4v) is 3.89. The summed E-state index contributed by atoms with van der Waals surface area (Å²) in [4.78, 5) is 22.8. The third kappa shape index (κ3) is 4.10. The number of alkyl halides is 3. The summed E-state index contributed by atoms with van der Waals surface area (Å²) in [5, 5.41) is 9.25. The van der Waals surface area contributed by atoms with Gasteiger partial charge in [0.2, 0.25) is 5.95 Å². The van der Waals surface area contributed by atoms with Gasteiger partial charge in [0.15, 0.2) is 0 Å². The number of rotatable bonds is 4. The third-order valence-electron chi connectivity index (χ3n) is 5.41. The quantitative estimate of drug-likeness (QED) is 0.792. The molecular weight excluding hydrogens is 399 g/mol. The predicted octanol–water partition coefficient (Wildman–Crippen LogP) is 3.23. The molecule has 1 saturated heterocycles. The average molecular weight is 421 g/mol. The van der Waals surface area contributed by atoms with Crippen LogP contribution in [0.3, 0.4) is 0 Å². The van der Waals surface area contributed by atoms with Crippen LogP contribution in [0.1, 0.15) is 31.9 Å². The molecule has 2 amide bonds. The van der Waals surface area contributed by atoms with Crippen molar-refractivity contribution in [3.8, 4) is 0 Å². The minimum absolute atomic E-state index is 0.153. The molecule has 0 radical (unpaired) electrons. The first-order valence-corrected chi connectivity index (χ1v) is 9.66. The van der Waals surface area contributed by atoms with Gasteiger partial charge in [-0.25, -0.2) is 14.8 Å². The number of hydrogen-bond acceptors (Lipinski definition) is 5. The summed E-state index contributed by atoms with van der Waals surface area (Å²) in [5.74, 6) is 0.424. The Morgan fingerprint density at radius 2 is 2.13 bits per heavy atom. The lowest BCUT2D eigenvalue weighted by atomic mass is 9.98. The predicted molar refractivity (Wildman–Crippen MR) is 104 cm³/mol. The standard InChI is InChI=1S/C19H22F3N7O/c1-11(19(20,21)22)25-18(30)29-14-3-4-15(29)8-12(7-14)16-5-6-23-17(27-16)26-13-9-24-28(2)10-13/h5-7,9-11,14-15H,3-4,8H2,1-2H3,(H,25,30)(H,23,26,27)/t11-,14?,15?/m0/s1. The molecule has 2 aliphatic heterocycles. The highest BCUT2D eigenvalue weighted by Gasteiger charge is 2.43. The van der Waals surface area contributed by atoms with Gasteiger partial charge in [0.05, 0.1) is 23.6 Å². The van der Waals surface area contributed by atoms with Crippen LogP contribution in [-0.4, -0.2) is 55.0 Å². The summed E-state index contributed by atoms with van der Waals surface area (Å²) in [6.45, 7) is 0.947. The highest BCUT2D eigenvalue weighted by atomic mass is 19.4. The summed E-state index contributed by atoms with van der Waals surface area (Å²) in [6.07, 6.45) is 4.56. The number of urea groups is 1. The van der Waals surface area contributed by atoms with Crippen molar-refractivity contribution < 1.29 is 18.0 Å². The molecule has 2 aliphatic rings. The van der Waals surface area contributed by atoms with Crippen LogP contribution in [0.2, 0.25) is 0 Å². The Labute approximate surface area is 171 Å². The van der Waals surface area contributed by atoms with Gasteiger partial charge in [-0.1, -0.05) is 6.08 Å². The van der Waals surface area contributed by atoms with Gasteiger partial charge < -0.3 is 15.5 Å². The van der Waals surface area contributed by atoms with Crippen LogP contribution >= 0.6 is 0 Å². The van der Waals surface area contributed by atoms with E-state index < -0.39 is 18.2 Å². The number of nitrogens with one attached hydrogen (secondary N) is 2. The lowest BCUT2D eigenvalue weighted by molar-refractivity contribution is -0.149. The van der Waals surface area contributed by atoms with Gasteiger partial charge in [-0.2, -0.15) is 18.3 Å². The van der Waals surface area contributed by atoms with Gasteiger partial charge in [0.25, 0.3) is 0 Å². The van der Waals surface area contributed by atoms with Crippen LogP contribution in [0.5, 0.6) is 0 Å². The highest BCUT2D eigenvalue weighted by molar-refractivity contribution is 5.78. The number of carbonyl (C=O) groups excluding carboxylic acids is 1. The lowest BCUT2D eigenvalue weighted by Crippen LogP contribution is -2.53. The van der Waals surface area contributed by atoms with E-state index in [-0.39, 0.29) is 12.1 Å². The van der Waals surface area contributed by atoms with Crippen LogP contribution in [0.4, 0.5) is 29.6 Å². The molecule has 8 nitrogen and oxygen atoms in total. The largest absolute Gasteiger partial charge is 0.408 e. The molecule has 11 heteroatoms. The molecule has 3 atom stereocenters. The van der Waals surface area contributed by atoms with E-state index in [2.05, 4.69) is 25.7 Å². The molecule has 2 bridgehead atoms. The number of nitrogens with zero attached hydrogens (tertiary/aromatic N) is 5. The number of fused-ring (bicyclic) bond motifs is 2. The molecule has 160 valence electrons. The van der Waals surface area contributed by atoms with Crippen LogP contribution in [-0.2, 0) is 7.05 Å². The van der Waals surface area contributed by atoms with Crippen LogP contribution in [0.25, 0.3) is 5.57 Å². The van der Waals surface area contributed by atoms with E-state index in [9.17, 15) is 18.0 Å². The monoisotopic (exact) mass is 421 g/mol. The summed E-state index contributed by atoms with van der Waals surface area (Å²) in [5.41, 5.74) is 2.46. The average Bonchev–Trinajstić information content (AvgIpc) is 3.20. The van der Waals surface area contributed by atoms with Gasteiger partial charge in [0.1, 0.15) is 6.04 Å². The molecule has 2 unspecified atom stereocenters. The van der Waals surface area contributed by atoms with E-state index >= 15 is 0 Å². The fourth-order valence-electron chi connectivity index (χ4n) is 3.89. The minimum atomic E-state index is -4.47. The van der Waals surface area contributed by atoms with E-state index in [1.165, 1.54) is 4.90 Å². The molecule has 2 aromatic heterocycles. The van der Waals surface area contributed by atoms with Crippen molar-refractivity contribution >= 4 is 23.2 Å². The van der Waals surface area contributed by atoms with E-state index in [0.29, 0.717) is 18.8 Å². The number of hydrogen-bond donors (Lipinski definition) is 2. The topological polar surface area (TPSA) is 88.0 Å². The van der Waals surface area contributed by atoms with Crippen molar-refractivity contribution in [2.75, 3.05) is 5.32 Å². The van der Waals surface area contributed by atoms with Crippen molar-refractivity contribution in [1.82, 2.24) is 30.0 Å². The second-order valence-corrected chi connectivity index (χ2v) is 7.61. The van der Waals surface area contributed by atoms with Crippen molar-refractivity contribution in [3.63, 3.8) is 0 Å². The van der Waals surface area contributed by atoms with Crippen molar-refractivity contribution in [2.24, 2.45) is 7.05 Å². The molecule has 30 heavy (non-hydrogen) atoms. The third-order valence-corrected chi connectivity index (χ3v) is 5.41. The Balaban J connectivity index is 1.49. The van der Waals surface area contributed by atoms with Crippen LogP contribution < -0.4 is 10.6 Å². The Hall–Kier alpha value is -3.11. The van der Waals surface area contributed by atoms with E-state index in [0.717, 1.165) is 30.3 Å². The lowest BCUT2D eigenvalue weighted by Gasteiger charge is -2.35. The first-order chi connectivity index (χ1) is 14.2. The number of halogens is 3. The summed E-state index contributed by atoms with van der Waals surface area (Å²) in [6, 6.07) is -1.17. The number of carbonyl (C=O) groups is 1. The molecule has 4 rings (SSSR count). The Morgan fingerprint density at radius 1 is 1.33 bits per heavy atom. The fraction of sp³-hybridized carbons (Fsp3) is 0.474. The summed E-state index contributed by atoms with van der Waals surface area (Å²) < 4.78 is 40.0.